The molecule has 0 fully saturated rings. The Bertz CT molecular complexity index is 1060. The van der Waals surface area contributed by atoms with Gasteiger partial charge in [0.1, 0.15) is 5.75 Å². The Balaban J connectivity index is 1.71. The number of aromatic nitrogens is 1. The van der Waals surface area contributed by atoms with Gasteiger partial charge in [-0.15, -0.1) is 0 Å². The number of ether oxygens (including phenoxy) is 1. The molecule has 31 heavy (non-hydrogen) atoms. The number of hydrogen-bond acceptors (Lipinski definition) is 3. The molecule has 0 unspecified atom stereocenters. The molecule has 1 aromatic heterocycles. The van der Waals surface area contributed by atoms with Crippen LogP contribution < -0.4 is 19.9 Å². The summed E-state index contributed by atoms with van der Waals surface area (Å²) in [5.74, 6) is 0.257. The number of carbonyl (C=O) groups is 2. The third-order valence-corrected chi connectivity index (χ3v) is 4.90. The molecule has 2 aromatic carbocycles. The minimum atomic E-state index is -0.295. The van der Waals surface area contributed by atoms with E-state index < -0.39 is 0 Å². The zero-order chi connectivity index (χ0) is 22.2. The van der Waals surface area contributed by atoms with Gasteiger partial charge in [0.25, 0.3) is 11.8 Å². The van der Waals surface area contributed by atoms with Gasteiger partial charge in [-0.2, -0.15) is 4.57 Å². The highest BCUT2D eigenvalue weighted by molar-refractivity contribution is 6.10. The Hall–Kier alpha value is -3.67. The summed E-state index contributed by atoms with van der Waals surface area (Å²) in [5, 5.41) is 5.74. The second-order valence-corrected chi connectivity index (χ2v) is 7.17. The zero-order valence-corrected chi connectivity index (χ0v) is 18.1. The highest BCUT2D eigenvalue weighted by atomic mass is 16.5. The van der Waals surface area contributed by atoms with Gasteiger partial charge in [0.15, 0.2) is 11.9 Å². The number of aryl methyl sites for hydroxylation is 2. The number of nitrogens with one attached hydrogen (secondary N) is 2. The van der Waals surface area contributed by atoms with Gasteiger partial charge in [-0.25, -0.2) is 0 Å². The molecular weight excluding hydrogens is 390 g/mol. The molecule has 0 radical (unpaired) electrons. The summed E-state index contributed by atoms with van der Waals surface area (Å²) in [6, 6.07) is 18.2. The first-order valence-electron chi connectivity index (χ1n) is 10.4. The molecule has 0 atom stereocenters. The summed E-state index contributed by atoms with van der Waals surface area (Å²) in [5.41, 5.74) is 3.68. The van der Waals surface area contributed by atoms with E-state index in [1.54, 1.807) is 48.5 Å². The van der Waals surface area contributed by atoms with Crippen molar-refractivity contribution >= 4 is 23.2 Å². The maximum Gasteiger partial charge on any atom is 0.290 e. The summed E-state index contributed by atoms with van der Waals surface area (Å²) in [6.07, 6.45) is 2.88. The average Bonchev–Trinajstić information content (AvgIpc) is 2.77. The van der Waals surface area contributed by atoms with E-state index in [2.05, 4.69) is 23.6 Å². The standard InChI is InChI=1S/C25H27N3O3/c1-4-19-11-10-18(3)28(16-19)17-24(29)27-23-9-7-6-8-22(23)25(30)26-20-12-14-21(15-13-20)31-5-2/h6-16H,4-5,17H2,1-3H3,(H-,26,27,29,30)/p+1. The van der Waals surface area contributed by atoms with Gasteiger partial charge in [0.2, 0.25) is 6.54 Å². The predicted octanol–water partition coefficient (Wildman–Crippen LogP) is 4.13. The quantitative estimate of drug-likeness (QED) is 0.540. The molecule has 6 heteroatoms. The smallest absolute Gasteiger partial charge is 0.290 e. The number of para-hydroxylation sites is 1. The zero-order valence-electron chi connectivity index (χ0n) is 18.1. The lowest BCUT2D eigenvalue weighted by Crippen LogP contribution is -2.43. The SMILES string of the molecule is CCOc1ccc(NC(=O)c2ccccc2NC(=O)C[n+]2cc(CC)ccc2C)cc1. The maximum absolute atomic E-state index is 12.8. The van der Waals surface area contributed by atoms with E-state index in [1.165, 1.54) is 0 Å². The van der Waals surface area contributed by atoms with Crippen molar-refractivity contribution in [3.05, 3.63) is 83.7 Å². The van der Waals surface area contributed by atoms with Crippen molar-refractivity contribution in [3.63, 3.8) is 0 Å². The lowest BCUT2D eigenvalue weighted by Gasteiger charge is -2.11. The van der Waals surface area contributed by atoms with Crippen LogP contribution in [0.1, 0.15) is 35.5 Å². The van der Waals surface area contributed by atoms with E-state index in [1.807, 2.05) is 30.7 Å². The van der Waals surface area contributed by atoms with Gasteiger partial charge in [-0.1, -0.05) is 19.1 Å². The van der Waals surface area contributed by atoms with Gasteiger partial charge >= 0.3 is 0 Å². The van der Waals surface area contributed by atoms with Gasteiger partial charge in [-0.3, -0.25) is 9.59 Å². The molecule has 2 N–H and O–H groups in total. The number of pyridine rings is 1. The fourth-order valence-corrected chi connectivity index (χ4v) is 3.18. The van der Waals surface area contributed by atoms with E-state index in [-0.39, 0.29) is 18.4 Å². The van der Waals surface area contributed by atoms with Crippen LogP contribution in [0, 0.1) is 6.92 Å². The molecule has 0 aliphatic heterocycles. The molecule has 0 aliphatic carbocycles. The van der Waals surface area contributed by atoms with Crippen LogP contribution in [0.3, 0.4) is 0 Å². The first-order valence-corrected chi connectivity index (χ1v) is 10.4. The van der Waals surface area contributed by atoms with Gasteiger partial charge in [0, 0.05) is 24.2 Å². The topological polar surface area (TPSA) is 71.3 Å². The molecule has 6 nitrogen and oxygen atoms in total. The van der Waals surface area contributed by atoms with Crippen LogP contribution in [0.5, 0.6) is 5.75 Å². The Morgan fingerprint density at radius 1 is 0.935 bits per heavy atom. The largest absolute Gasteiger partial charge is 0.494 e. The predicted molar refractivity (Wildman–Crippen MR) is 121 cm³/mol. The molecule has 0 saturated carbocycles. The molecular formula is C25H28N3O3+. The van der Waals surface area contributed by atoms with Gasteiger partial charge in [0.05, 0.1) is 17.9 Å². The van der Waals surface area contributed by atoms with Crippen LogP contribution in [-0.2, 0) is 17.8 Å². The van der Waals surface area contributed by atoms with Crippen molar-refractivity contribution in [3.8, 4) is 5.75 Å². The van der Waals surface area contributed by atoms with Crippen LogP contribution >= 0.6 is 0 Å². The van der Waals surface area contributed by atoms with Crippen LogP contribution in [-0.4, -0.2) is 18.4 Å². The minimum absolute atomic E-state index is 0.175. The highest BCUT2D eigenvalue weighted by Gasteiger charge is 2.17. The van der Waals surface area contributed by atoms with E-state index in [0.717, 1.165) is 23.4 Å². The van der Waals surface area contributed by atoms with E-state index >= 15 is 0 Å². The number of benzene rings is 2. The van der Waals surface area contributed by atoms with Crippen LogP contribution in [0.25, 0.3) is 0 Å². The van der Waals surface area contributed by atoms with Crippen molar-refractivity contribution < 1.29 is 18.9 Å². The summed E-state index contributed by atoms with van der Waals surface area (Å²) in [6.45, 7) is 6.72. The fourth-order valence-electron chi connectivity index (χ4n) is 3.18. The fraction of sp³-hybridized carbons (Fsp3) is 0.240. The molecule has 0 saturated heterocycles. The summed E-state index contributed by atoms with van der Waals surface area (Å²) in [4.78, 5) is 25.5. The summed E-state index contributed by atoms with van der Waals surface area (Å²) >= 11 is 0. The molecule has 1 heterocycles. The van der Waals surface area contributed by atoms with Crippen molar-refractivity contribution in [1.29, 1.82) is 0 Å². The number of rotatable bonds is 8. The Morgan fingerprint density at radius 2 is 1.68 bits per heavy atom. The number of carbonyl (C=O) groups excluding carboxylic acids is 2. The molecule has 0 aliphatic rings. The first kappa shape index (κ1) is 22.0. The van der Waals surface area contributed by atoms with Crippen LogP contribution in [0.15, 0.2) is 66.9 Å². The lowest BCUT2D eigenvalue weighted by molar-refractivity contribution is -0.690. The van der Waals surface area contributed by atoms with E-state index in [0.29, 0.717) is 23.5 Å². The number of hydrogen-bond donors (Lipinski definition) is 2. The second kappa shape index (κ2) is 10.4. The Morgan fingerprint density at radius 3 is 2.39 bits per heavy atom. The second-order valence-electron chi connectivity index (χ2n) is 7.17. The highest BCUT2D eigenvalue weighted by Crippen LogP contribution is 2.19. The van der Waals surface area contributed by atoms with Gasteiger partial charge < -0.3 is 15.4 Å². The molecule has 2 amide bonds. The van der Waals surface area contributed by atoms with Crippen molar-refractivity contribution in [2.45, 2.75) is 33.7 Å². The third-order valence-electron chi connectivity index (χ3n) is 4.90. The van der Waals surface area contributed by atoms with Crippen LogP contribution in [0.4, 0.5) is 11.4 Å². The number of nitrogens with zero attached hydrogens (tertiary/aromatic N) is 1. The van der Waals surface area contributed by atoms with E-state index in [9.17, 15) is 9.59 Å². The lowest BCUT2D eigenvalue weighted by atomic mass is 10.1. The first-order chi connectivity index (χ1) is 15.0. The Labute approximate surface area is 182 Å². The normalized spacial score (nSPS) is 10.4. The van der Waals surface area contributed by atoms with Crippen molar-refractivity contribution in [1.82, 2.24) is 0 Å². The van der Waals surface area contributed by atoms with E-state index in [4.69, 9.17) is 4.74 Å². The van der Waals surface area contributed by atoms with Crippen molar-refractivity contribution in [2.75, 3.05) is 17.2 Å². The van der Waals surface area contributed by atoms with Crippen LogP contribution in [0.2, 0.25) is 0 Å². The molecule has 160 valence electrons. The number of amides is 2. The molecule has 0 bridgehead atoms. The molecule has 0 spiro atoms. The summed E-state index contributed by atoms with van der Waals surface area (Å²) in [7, 11) is 0. The summed E-state index contributed by atoms with van der Waals surface area (Å²) < 4.78 is 7.34. The number of anilines is 2. The average molecular weight is 419 g/mol. The maximum atomic E-state index is 12.8. The monoisotopic (exact) mass is 418 g/mol. The molecule has 3 rings (SSSR count). The Kier molecular flexibility index (Phi) is 7.38. The van der Waals surface area contributed by atoms with Gasteiger partial charge in [-0.05, 0) is 55.8 Å². The van der Waals surface area contributed by atoms with Crippen molar-refractivity contribution in [2.24, 2.45) is 0 Å². The molecule has 3 aromatic rings. The third kappa shape index (κ3) is 5.92. The minimum Gasteiger partial charge on any atom is -0.494 e.